The molecule has 1 aromatic carbocycles. The van der Waals surface area contributed by atoms with E-state index in [9.17, 15) is 0 Å². The molecular weight excluding hydrogens is 176 g/mol. The number of benzene rings is 1. The van der Waals surface area contributed by atoms with E-state index in [2.05, 4.69) is 10.5 Å². The first kappa shape index (κ1) is 10.6. The van der Waals surface area contributed by atoms with Crippen LogP contribution in [0.1, 0.15) is 20.8 Å². The van der Waals surface area contributed by atoms with Gasteiger partial charge in [0.25, 0.3) is 0 Å². The summed E-state index contributed by atoms with van der Waals surface area (Å²) >= 11 is 0. The van der Waals surface area contributed by atoms with Crippen molar-refractivity contribution in [2.45, 2.75) is 26.3 Å². The van der Waals surface area contributed by atoms with Crippen molar-refractivity contribution in [1.29, 1.82) is 0 Å². The summed E-state index contributed by atoms with van der Waals surface area (Å²) in [5.41, 5.74) is 1.33. The minimum Gasteiger partial charge on any atom is -0.411 e. The highest BCUT2D eigenvalue weighted by molar-refractivity contribution is 5.92. The number of oxime groups is 1. The molecule has 0 bridgehead atoms. The standard InChI is InChI=1S/C11H16N2O/c1-9(13-14)11(2,3)12-10-7-5-4-6-8-10/h4-8,12,14H,1-3H3. The maximum Gasteiger partial charge on any atom is 0.0787 e. The van der Waals surface area contributed by atoms with E-state index in [4.69, 9.17) is 5.21 Å². The molecule has 0 aliphatic heterocycles. The zero-order valence-electron chi connectivity index (χ0n) is 8.78. The molecule has 0 heterocycles. The highest BCUT2D eigenvalue weighted by Gasteiger charge is 2.21. The lowest BCUT2D eigenvalue weighted by molar-refractivity contribution is 0.314. The third-order valence-corrected chi connectivity index (χ3v) is 2.29. The highest BCUT2D eigenvalue weighted by atomic mass is 16.4. The Morgan fingerprint density at radius 3 is 2.36 bits per heavy atom. The van der Waals surface area contributed by atoms with Gasteiger partial charge in [-0.3, -0.25) is 0 Å². The van der Waals surface area contributed by atoms with Crippen LogP contribution in [-0.4, -0.2) is 16.5 Å². The summed E-state index contributed by atoms with van der Waals surface area (Å²) in [5, 5.41) is 15.2. The third-order valence-electron chi connectivity index (χ3n) is 2.29. The van der Waals surface area contributed by atoms with Gasteiger partial charge in [0.15, 0.2) is 0 Å². The molecule has 3 nitrogen and oxygen atoms in total. The van der Waals surface area contributed by atoms with Gasteiger partial charge in [-0.05, 0) is 32.9 Å². The van der Waals surface area contributed by atoms with Crippen LogP contribution in [0.3, 0.4) is 0 Å². The predicted octanol–water partition coefficient (Wildman–Crippen LogP) is 2.73. The topological polar surface area (TPSA) is 44.6 Å². The first-order chi connectivity index (χ1) is 6.56. The second-order valence-electron chi connectivity index (χ2n) is 3.80. The molecular formula is C11H16N2O. The fourth-order valence-electron chi connectivity index (χ4n) is 1.10. The molecule has 0 unspecified atom stereocenters. The Labute approximate surface area is 84.4 Å². The molecule has 3 heteroatoms. The molecule has 76 valence electrons. The van der Waals surface area contributed by atoms with Crippen LogP contribution in [-0.2, 0) is 0 Å². The summed E-state index contributed by atoms with van der Waals surface area (Å²) in [6, 6.07) is 9.84. The molecule has 0 aliphatic rings. The largest absolute Gasteiger partial charge is 0.411 e. The average molecular weight is 192 g/mol. The van der Waals surface area contributed by atoms with Crippen molar-refractivity contribution in [3.63, 3.8) is 0 Å². The first-order valence-electron chi connectivity index (χ1n) is 4.58. The summed E-state index contributed by atoms with van der Waals surface area (Å²) in [6.45, 7) is 5.72. The van der Waals surface area contributed by atoms with E-state index in [0.29, 0.717) is 5.71 Å². The van der Waals surface area contributed by atoms with Crippen LogP contribution in [0.25, 0.3) is 0 Å². The molecule has 0 aliphatic carbocycles. The Morgan fingerprint density at radius 2 is 1.86 bits per heavy atom. The lowest BCUT2D eigenvalue weighted by atomic mass is 9.99. The number of anilines is 1. The average Bonchev–Trinajstić information content (AvgIpc) is 2.17. The molecule has 0 aromatic heterocycles. The molecule has 0 radical (unpaired) electrons. The number of rotatable bonds is 3. The summed E-state index contributed by atoms with van der Waals surface area (Å²) in [4.78, 5) is 0. The molecule has 1 aromatic rings. The van der Waals surface area contributed by atoms with E-state index < -0.39 is 0 Å². The lowest BCUT2D eigenvalue weighted by Gasteiger charge is -2.26. The van der Waals surface area contributed by atoms with Crippen molar-refractivity contribution < 1.29 is 5.21 Å². The Balaban J connectivity index is 2.79. The monoisotopic (exact) mass is 192 g/mol. The smallest absolute Gasteiger partial charge is 0.0787 e. The minimum atomic E-state index is -0.337. The fraction of sp³-hybridized carbons (Fsp3) is 0.364. The van der Waals surface area contributed by atoms with Crippen molar-refractivity contribution in [3.8, 4) is 0 Å². The summed E-state index contributed by atoms with van der Waals surface area (Å²) in [5.74, 6) is 0. The van der Waals surface area contributed by atoms with Gasteiger partial charge in [0.1, 0.15) is 0 Å². The van der Waals surface area contributed by atoms with E-state index in [0.717, 1.165) is 5.69 Å². The van der Waals surface area contributed by atoms with E-state index >= 15 is 0 Å². The van der Waals surface area contributed by atoms with Crippen LogP contribution in [0.2, 0.25) is 0 Å². The highest BCUT2D eigenvalue weighted by Crippen LogP contribution is 2.15. The number of para-hydroxylation sites is 1. The van der Waals surface area contributed by atoms with Crippen LogP contribution in [0.4, 0.5) is 5.69 Å². The number of hydrogen-bond donors (Lipinski definition) is 2. The number of nitrogens with zero attached hydrogens (tertiary/aromatic N) is 1. The maximum absolute atomic E-state index is 8.70. The zero-order chi connectivity index (χ0) is 10.6. The van der Waals surface area contributed by atoms with Gasteiger partial charge in [-0.1, -0.05) is 23.4 Å². The third kappa shape index (κ3) is 2.49. The van der Waals surface area contributed by atoms with Gasteiger partial charge in [0.2, 0.25) is 0 Å². The second kappa shape index (κ2) is 4.13. The van der Waals surface area contributed by atoms with Crippen molar-refractivity contribution in [2.24, 2.45) is 5.16 Å². The first-order valence-corrected chi connectivity index (χ1v) is 4.58. The van der Waals surface area contributed by atoms with Crippen LogP contribution in [0, 0.1) is 0 Å². The molecule has 0 saturated carbocycles. The Morgan fingerprint density at radius 1 is 1.29 bits per heavy atom. The fourth-order valence-corrected chi connectivity index (χ4v) is 1.10. The quantitative estimate of drug-likeness (QED) is 0.439. The second-order valence-corrected chi connectivity index (χ2v) is 3.80. The van der Waals surface area contributed by atoms with Crippen molar-refractivity contribution in [1.82, 2.24) is 0 Å². The van der Waals surface area contributed by atoms with Crippen molar-refractivity contribution in [3.05, 3.63) is 30.3 Å². The number of nitrogens with one attached hydrogen (secondary N) is 1. The van der Waals surface area contributed by atoms with Gasteiger partial charge in [0, 0.05) is 5.69 Å². The van der Waals surface area contributed by atoms with Gasteiger partial charge >= 0.3 is 0 Å². The van der Waals surface area contributed by atoms with Crippen molar-refractivity contribution in [2.75, 3.05) is 5.32 Å². The molecule has 14 heavy (non-hydrogen) atoms. The molecule has 0 amide bonds. The molecule has 0 fully saturated rings. The Bertz CT molecular complexity index is 317. The molecule has 0 saturated heterocycles. The van der Waals surface area contributed by atoms with Crippen molar-refractivity contribution >= 4 is 11.4 Å². The SMILES string of the molecule is CC(=NO)C(C)(C)Nc1ccccc1. The van der Waals surface area contributed by atoms with E-state index in [1.165, 1.54) is 0 Å². The molecule has 2 N–H and O–H groups in total. The lowest BCUT2D eigenvalue weighted by Crippen LogP contribution is -2.38. The molecule has 0 atom stereocenters. The summed E-state index contributed by atoms with van der Waals surface area (Å²) < 4.78 is 0. The summed E-state index contributed by atoms with van der Waals surface area (Å²) in [6.07, 6.45) is 0. The van der Waals surface area contributed by atoms with Crippen LogP contribution in [0.15, 0.2) is 35.5 Å². The maximum atomic E-state index is 8.70. The van der Waals surface area contributed by atoms with Crippen LogP contribution >= 0.6 is 0 Å². The van der Waals surface area contributed by atoms with E-state index in [1.54, 1.807) is 6.92 Å². The van der Waals surface area contributed by atoms with Gasteiger partial charge < -0.3 is 10.5 Å². The zero-order valence-corrected chi connectivity index (χ0v) is 8.78. The Kier molecular flexibility index (Phi) is 3.12. The van der Waals surface area contributed by atoms with Gasteiger partial charge in [-0.2, -0.15) is 0 Å². The predicted molar refractivity (Wildman–Crippen MR) is 59.0 cm³/mol. The Hall–Kier alpha value is -1.51. The van der Waals surface area contributed by atoms with Gasteiger partial charge in [-0.25, -0.2) is 0 Å². The van der Waals surface area contributed by atoms with Gasteiger partial charge in [-0.15, -0.1) is 0 Å². The summed E-state index contributed by atoms with van der Waals surface area (Å²) in [7, 11) is 0. The minimum absolute atomic E-state index is 0.337. The van der Waals surface area contributed by atoms with Crippen LogP contribution < -0.4 is 5.32 Å². The van der Waals surface area contributed by atoms with Gasteiger partial charge in [0.05, 0.1) is 11.3 Å². The normalized spacial score (nSPS) is 12.6. The van der Waals surface area contributed by atoms with E-state index in [-0.39, 0.29) is 5.54 Å². The van der Waals surface area contributed by atoms with E-state index in [1.807, 2.05) is 44.2 Å². The molecule has 1 rings (SSSR count). The van der Waals surface area contributed by atoms with Crippen LogP contribution in [0.5, 0.6) is 0 Å². The molecule has 0 spiro atoms. The number of hydrogen-bond acceptors (Lipinski definition) is 3.